The number of methoxy groups -OCH3 is 4. The molecule has 0 radical (unpaired) electrons. The first kappa shape index (κ1) is 32.6. The zero-order valence-electron chi connectivity index (χ0n) is 27.8. The normalized spacial score (nSPS) is 25.4. The number of aromatic nitrogens is 1. The summed E-state index contributed by atoms with van der Waals surface area (Å²) in [5.41, 5.74) is 4.61. The third-order valence-electron chi connectivity index (χ3n) is 10.1. The molecule has 2 aromatic carbocycles. The molecule has 1 amide bonds. The Hall–Kier alpha value is -4.35. The van der Waals surface area contributed by atoms with E-state index < -0.39 is 24.1 Å². The zero-order valence-corrected chi connectivity index (χ0v) is 27.8. The van der Waals surface area contributed by atoms with Crippen molar-refractivity contribution in [2.24, 2.45) is 17.8 Å². The van der Waals surface area contributed by atoms with E-state index in [1.807, 2.05) is 12.1 Å². The molecule has 2 aliphatic heterocycles. The summed E-state index contributed by atoms with van der Waals surface area (Å²) in [5.74, 6) is -0.372. The average Bonchev–Trinajstić information content (AvgIpc) is 3.46. The number of benzene rings is 2. The maximum absolute atomic E-state index is 13.4. The van der Waals surface area contributed by atoms with Gasteiger partial charge >= 0.3 is 11.9 Å². The van der Waals surface area contributed by atoms with E-state index in [0.29, 0.717) is 23.3 Å². The molecule has 3 aliphatic rings. The zero-order chi connectivity index (χ0) is 33.4. The molecular formula is C36H43N3O8. The molecule has 47 heavy (non-hydrogen) atoms. The standard InChI is InChI=1S/C36H43N3O8/c1-38(2)35(41)26-15-20(7-11-29(26)44-4)8-12-31(40)47-30-16-21-19-39-14-13-24-23-10-9-22(43-3)17-27(23)37-33(24)28(39)18-25(21)32(34(30)45-5)36(42)46-6/h7-12,15,17,21,25,28,30,32,34,37H,13-14,16,18-19H2,1-6H3/b12-8+/t21-,25+,28-,30-,32+,34+/m1/s1. The summed E-state index contributed by atoms with van der Waals surface area (Å²) in [7, 11) is 9.45. The largest absolute Gasteiger partial charge is 0.497 e. The van der Waals surface area contributed by atoms with Crippen LogP contribution in [-0.2, 0) is 30.2 Å². The van der Waals surface area contributed by atoms with Crippen molar-refractivity contribution in [2.45, 2.75) is 37.5 Å². The molecule has 1 aromatic heterocycles. The second kappa shape index (κ2) is 13.4. The van der Waals surface area contributed by atoms with Crippen molar-refractivity contribution >= 4 is 34.8 Å². The number of carbonyl (C=O) groups excluding carboxylic acids is 3. The van der Waals surface area contributed by atoms with Crippen LogP contribution in [0.4, 0.5) is 0 Å². The van der Waals surface area contributed by atoms with Crippen molar-refractivity contribution in [3.8, 4) is 11.5 Å². The van der Waals surface area contributed by atoms with Crippen molar-refractivity contribution in [3.63, 3.8) is 0 Å². The maximum atomic E-state index is 13.4. The number of aromatic amines is 1. The van der Waals surface area contributed by atoms with E-state index in [9.17, 15) is 14.4 Å². The quantitative estimate of drug-likeness (QED) is 0.283. The van der Waals surface area contributed by atoms with Crippen LogP contribution in [0.5, 0.6) is 11.5 Å². The number of H-pyrrole nitrogens is 1. The van der Waals surface area contributed by atoms with E-state index in [1.54, 1.807) is 52.6 Å². The Bertz CT molecular complexity index is 1700. The number of ether oxygens (including phenoxy) is 5. The number of nitrogens with zero attached hydrogens (tertiary/aromatic N) is 2. The number of piperidine rings is 1. The highest BCUT2D eigenvalue weighted by atomic mass is 16.6. The molecule has 6 rings (SSSR count). The topological polar surface area (TPSA) is 120 Å². The number of rotatable bonds is 8. The molecule has 3 heterocycles. The molecule has 11 heteroatoms. The molecule has 1 saturated carbocycles. The van der Waals surface area contributed by atoms with Gasteiger partial charge in [0.15, 0.2) is 0 Å². The minimum Gasteiger partial charge on any atom is -0.497 e. The fraction of sp³-hybridized carbons (Fsp3) is 0.472. The summed E-state index contributed by atoms with van der Waals surface area (Å²) >= 11 is 0. The van der Waals surface area contributed by atoms with E-state index in [0.717, 1.165) is 37.2 Å². The van der Waals surface area contributed by atoms with E-state index in [2.05, 4.69) is 16.0 Å². The van der Waals surface area contributed by atoms with Crippen LogP contribution in [0.25, 0.3) is 17.0 Å². The molecule has 11 nitrogen and oxygen atoms in total. The van der Waals surface area contributed by atoms with E-state index in [1.165, 1.54) is 41.8 Å². The van der Waals surface area contributed by atoms with Crippen LogP contribution in [-0.4, -0.2) is 100 Å². The van der Waals surface area contributed by atoms with Gasteiger partial charge < -0.3 is 33.6 Å². The fourth-order valence-electron chi connectivity index (χ4n) is 7.95. The number of carbonyl (C=O) groups is 3. The monoisotopic (exact) mass is 645 g/mol. The lowest BCUT2D eigenvalue weighted by Crippen LogP contribution is -2.58. The van der Waals surface area contributed by atoms with Crippen molar-refractivity contribution in [1.29, 1.82) is 0 Å². The van der Waals surface area contributed by atoms with Gasteiger partial charge in [0.05, 0.1) is 38.9 Å². The molecule has 1 aliphatic carbocycles. The van der Waals surface area contributed by atoms with Gasteiger partial charge in [-0.15, -0.1) is 0 Å². The summed E-state index contributed by atoms with van der Waals surface area (Å²) in [4.78, 5) is 46.9. The molecular weight excluding hydrogens is 602 g/mol. The Balaban J connectivity index is 1.22. The molecule has 1 saturated heterocycles. The molecule has 250 valence electrons. The predicted octanol–water partition coefficient (Wildman–Crippen LogP) is 4.26. The van der Waals surface area contributed by atoms with E-state index >= 15 is 0 Å². The summed E-state index contributed by atoms with van der Waals surface area (Å²) < 4.78 is 28.1. The first-order valence-corrected chi connectivity index (χ1v) is 16.0. The highest BCUT2D eigenvalue weighted by Gasteiger charge is 2.54. The number of amides is 1. The van der Waals surface area contributed by atoms with Gasteiger partial charge in [-0.05, 0) is 72.6 Å². The lowest BCUT2D eigenvalue weighted by atomic mass is 9.63. The smallest absolute Gasteiger partial charge is 0.331 e. The molecule has 6 atom stereocenters. The first-order chi connectivity index (χ1) is 22.7. The van der Waals surface area contributed by atoms with Crippen LogP contribution in [0.15, 0.2) is 42.5 Å². The minimum absolute atomic E-state index is 0.0157. The summed E-state index contributed by atoms with van der Waals surface area (Å²) in [6.45, 7) is 1.68. The van der Waals surface area contributed by atoms with Crippen LogP contribution in [0.1, 0.15) is 46.1 Å². The second-order valence-electron chi connectivity index (χ2n) is 12.8. The third kappa shape index (κ3) is 6.09. The summed E-state index contributed by atoms with van der Waals surface area (Å²) in [6, 6.07) is 11.4. The van der Waals surface area contributed by atoms with Gasteiger partial charge in [-0.1, -0.05) is 6.07 Å². The van der Waals surface area contributed by atoms with Crippen molar-refractivity contribution < 1.29 is 38.1 Å². The predicted molar refractivity (Wildman–Crippen MR) is 175 cm³/mol. The number of fused-ring (bicyclic) bond motifs is 6. The van der Waals surface area contributed by atoms with Gasteiger partial charge in [0, 0.05) is 63.0 Å². The number of hydrogen-bond acceptors (Lipinski definition) is 9. The SMILES string of the molecule is COC(=O)[C@H]1[C@H]2C[C@@H]3c4[nH]c5cc(OC)ccc5c4CCN3C[C@H]2C[C@@H](OC(=O)/C=C/c2ccc(OC)c(C(=O)N(C)C)c2)[C@@H]1OC. The summed E-state index contributed by atoms with van der Waals surface area (Å²) in [6.07, 6.45) is 3.90. The minimum atomic E-state index is -0.659. The molecule has 1 N–H and O–H groups in total. The number of hydrogen-bond donors (Lipinski definition) is 1. The molecule has 2 fully saturated rings. The van der Waals surface area contributed by atoms with Crippen LogP contribution in [0.3, 0.4) is 0 Å². The molecule has 0 bridgehead atoms. The average molecular weight is 646 g/mol. The van der Waals surface area contributed by atoms with E-state index in [4.69, 9.17) is 23.7 Å². The Morgan fingerprint density at radius 1 is 1.00 bits per heavy atom. The second-order valence-corrected chi connectivity index (χ2v) is 12.8. The highest BCUT2D eigenvalue weighted by Crippen LogP contribution is 2.50. The van der Waals surface area contributed by atoms with Crippen LogP contribution >= 0.6 is 0 Å². The van der Waals surface area contributed by atoms with Crippen molar-refractivity contribution in [2.75, 3.05) is 55.6 Å². The van der Waals surface area contributed by atoms with Gasteiger partial charge in [-0.2, -0.15) is 0 Å². The number of esters is 2. The number of nitrogens with one attached hydrogen (secondary N) is 1. The molecule has 0 spiro atoms. The van der Waals surface area contributed by atoms with Gasteiger partial charge in [0.1, 0.15) is 23.7 Å². The Kier molecular flexibility index (Phi) is 9.29. The van der Waals surface area contributed by atoms with Gasteiger partial charge in [-0.3, -0.25) is 14.5 Å². The molecule has 0 unspecified atom stereocenters. The van der Waals surface area contributed by atoms with Crippen LogP contribution in [0.2, 0.25) is 0 Å². The van der Waals surface area contributed by atoms with E-state index in [-0.39, 0.29) is 29.8 Å². The maximum Gasteiger partial charge on any atom is 0.331 e. The van der Waals surface area contributed by atoms with Gasteiger partial charge in [0.2, 0.25) is 0 Å². The fourth-order valence-corrected chi connectivity index (χ4v) is 7.95. The Morgan fingerprint density at radius 3 is 2.51 bits per heavy atom. The van der Waals surface area contributed by atoms with Gasteiger partial charge in [-0.25, -0.2) is 4.79 Å². The lowest BCUT2D eigenvalue weighted by molar-refractivity contribution is -0.187. The van der Waals surface area contributed by atoms with Crippen molar-refractivity contribution in [1.82, 2.24) is 14.8 Å². The Labute approximate surface area is 274 Å². The summed E-state index contributed by atoms with van der Waals surface area (Å²) in [5, 5.41) is 1.21. The first-order valence-electron chi connectivity index (χ1n) is 16.0. The van der Waals surface area contributed by atoms with Crippen molar-refractivity contribution in [3.05, 3.63) is 64.9 Å². The van der Waals surface area contributed by atoms with Crippen LogP contribution < -0.4 is 9.47 Å². The Morgan fingerprint density at radius 2 is 1.81 bits per heavy atom. The van der Waals surface area contributed by atoms with Gasteiger partial charge in [0.25, 0.3) is 5.91 Å². The molecule has 3 aromatic rings. The highest BCUT2D eigenvalue weighted by molar-refractivity contribution is 5.97. The third-order valence-corrected chi connectivity index (χ3v) is 10.1. The lowest BCUT2D eigenvalue weighted by Gasteiger charge is -2.52. The van der Waals surface area contributed by atoms with Crippen LogP contribution in [0, 0.1) is 17.8 Å².